The van der Waals surface area contributed by atoms with Gasteiger partial charge in [0.1, 0.15) is 6.67 Å². The zero-order valence-corrected chi connectivity index (χ0v) is 22.2. The number of halogens is 3. The largest absolute Gasteiger partial charge is 0.412 e. The highest BCUT2D eigenvalue weighted by molar-refractivity contribution is 8.04. The third-order valence-electron chi connectivity index (χ3n) is 4.70. The molecule has 0 atom stereocenters. The monoisotopic (exact) mass is 546 g/mol. The first-order chi connectivity index (χ1) is 16.1. The van der Waals surface area contributed by atoms with Crippen molar-refractivity contribution in [3.05, 3.63) is 90.0 Å². The third kappa shape index (κ3) is 9.36. The van der Waals surface area contributed by atoms with Gasteiger partial charge in [-0.3, -0.25) is 14.1 Å². The van der Waals surface area contributed by atoms with Crippen LogP contribution in [0.5, 0.6) is 0 Å². The van der Waals surface area contributed by atoms with E-state index < -0.39 is 6.67 Å². The van der Waals surface area contributed by atoms with Gasteiger partial charge in [-0.05, 0) is 64.9 Å². The Balaban J connectivity index is -0.000000649. The van der Waals surface area contributed by atoms with Gasteiger partial charge in [0.15, 0.2) is 0 Å². The summed E-state index contributed by atoms with van der Waals surface area (Å²) < 4.78 is 26.0. The number of fused-ring (bicyclic) bond motifs is 1. The molecule has 202 valence electrons. The number of pyridine rings is 1. The second kappa shape index (κ2) is 20.4. The molecule has 0 spiro atoms. The molecule has 0 amide bonds. The van der Waals surface area contributed by atoms with Crippen LogP contribution in [0.15, 0.2) is 89.3 Å². The van der Waals surface area contributed by atoms with Gasteiger partial charge in [0.25, 0.3) is 0 Å². The Kier molecular flexibility index (Phi) is 21.4. The minimum Gasteiger partial charge on any atom is -0.412 e. The molecule has 36 heavy (non-hydrogen) atoms. The van der Waals surface area contributed by atoms with E-state index in [4.69, 9.17) is 5.11 Å². The Labute approximate surface area is 222 Å². The summed E-state index contributed by atoms with van der Waals surface area (Å²) in [6, 6.07) is 14.3. The van der Waals surface area contributed by atoms with E-state index in [0.29, 0.717) is 17.7 Å². The molecular formula is C26H37F3N2O3S2. The lowest BCUT2D eigenvalue weighted by molar-refractivity contribution is 0.399. The molecular weight excluding hydrogens is 509 g/mol. The number of thiol groups is 1. The van der Waals surface area contributed by atoms with Crippen molar-refractivity contribution in [3.8, 4) is 11.1 Å². The summed E-state index contributed by atoms with van der Waals surface area (Å²) in [5, 5.41) is 8.05. The van der Waals surface area contributed by atoms with Crippen LogP contribution in [0.2, 0.25) is 0 Å². The third-order valence-corrected chi connectivity index (χ3v) is 5.95. The van der Waals surface area contributed by atoms with Crippen molar-refractivity contribution in [2.45, 2.75) is 18.2 Å². The Morgan fingerprint density at radius 1 is 1.11 bits per heavy atom. The number of hydrogen-bond donors (Lipinski definition) is 3. The molecule has 0 unspecified atom stereocenters. The fourth-order valence-corrected chi connectivity index (χ4v) is 4.13. The first kappa shape index (κ1) is 37.8. The zero-order valence-electron chi connectivity index (χ0n) is 20.5. The number of benzene rings is 2. The highest BCUT2D eigenvalue weighted by atomic mass is 32.2. The highest BCUT2D eigenvalue weighted by Crippen LogP contribution is 2.35. The average Bonchev–Trinajstić information content (AvgIpc) is 2.88. The van der Waals surface area contributed by atoms with Gasteiger partial charge < -0.3 is 20.8 Å². The Bertz CT molecular complexity index is 1120. The summed E-state index contributed by atoms with van der Waals surface area (Å²) in [6.45, 7) is 9.01. The molecule has 2 aromatic carbocycles. The zero-order chi connectivity index (χ0) is 24.8. The lowest BCUT2D eigenvalue weighted by atomic mass is 9.95. The van der Waals surface area contributed by atoms with Gasteiger partial charge in [-0.1, -0.05) is 50.4 Å². The van der Waals surface area contributed by atoms with E-state index in [1.807, 2.05) is 30.5 Å². The summed E-state index contributed by atoms with van der Waals surface area (Å²) in [5.74, 6) is 0. The molecule has 3 rings (SSSR count). The minimum atomic E-state index is -0.586. The summed E-state index contributed by atoms with van der Waals surface area (Å²) >= 11 is 5.83. The van der Waals surface area contributed by atoms with Gasteiger partial charge in [0.05, 0.1) is 18.4 Å². The van der Waals surface area contributed by atoms with E-state index in [0.717, 1.165) is 46.1 Å². The first-order valence-corrected chi connectivity index (χ1v) is 11.4. The van der Waals surface area contributed by atoms with Crippen molar-refractivity contribution in [1.82, 2.24) is 4.98 Å². The number of anilines is 1. The van der Waals surface area contributed by atoms with E-state index in [1.165, 1.54) is 23.6 Å². The van der Waals surface area contributed by atoms with Gasteiger partial charge in [-0.2, -0.15) is 0 Å². The van der Waals surface area contributed by atoms with Crippen LogP contribution >= 0.6 is 24.6 Å². The summed E-state index contributed by atoms with van der Waals surface area (Å²) in [6.07, 6.45) is 5.90. The number of para-hydroxylation sites is 1. The van der Waals surface area contributed by atoms with E-state index in [1.54, 1.807) is 6.08 Å². The average molecular weight is 547 g/mol. The maximum absolute atomic E-state index is 13.2. The SMILES string of the molecule is C=C/C(CF)=C(\C=C)SNc1cccc2c(-c3cc(S)ccc3CC)ccnc12.CF.CO.F.O.O.[HH]. The van der Waals surface area contributed by atoms with Crippen LogP contribution in [0.3, 0.4) is 0 Å². The van der Waals surface area contributed by atoms with Crippen molar-refractivity contribution in [1.29, 1.82) is 0 Å². The molecule has 0 radical (unpaired) electrons. The quantitative estimate of drug-likeness (QED) is 0.174. The maximum atomic E-state index is 13.2. The van der Waals surface area contributed by atoms with E-state index >= 15 is 0 Å². The Morgan fingerprint density at radius 2 is 1.78 bits per heavy atom. The Morgan fingerprint density at radius 3 is 2.33 bits per heavy atom. The van der Waals surface area contributed by atoms with Gasteiger partial charge in [0.2, 0.25) is 0 Å². The molecule has 0 aliphatic rings. The van der Waals surface area contributed by atoms with Crippen molar-refractivity contribution in [3.63, 3.8) is 0 Å². The maximum Gasteiger partial charge on any atom is 0.116 e. The van der Waals surface area contributed by atoms with Crippen LogP contribution < -0.4 is 4.72 Å². The second-order valence-corrected chi connectivity index (χ2v) is 7.76. The van der Waals surface area contributed by atoms with Crippen LogP contribution in [0, 0.1) is 0 Å². The molecule has 3 aromatic rings. The van der Waals surface area contributed by atoms with Gasteiger partial charge in [0, 0.05) is 29.9 Å². The van der Waals surface area contributed by atoms with Crippen molar-refractivity contribution in [2.75, 3.05) is 25.7 Å². The van der Waals surface area contributed by atoms with Crippen LogP contribution in [0.4, 0.5) is 19.2 Å². The van der Waals surface area contributed by atoms with Crippen molar-refractivity contribution in [2.24, 2.45) is 0 Å². The van der Waals surface area contributed by atoms with Crippen LogP contribution in [-0.4, -0.2) is 42.0 Å². The molecule has 1 aromatic heterocycles. The van der Waals surface area contributed by atoms with Gasteiger partial charge in [-0.25, -0.2) is 4.39 Å². The number of alkyl halides is 2. The number of hydrogen-bond acceptors (Lipinski definition) is 5. The molecule has 1 heterocycles. The number of aryl methyl sites for hydroxylation is 1. The molecule has 6 N–H and O–H groups in total. The van der Waals surface area contributed by atoms with E-state index in [2.05, 4.69) is 60.6 Å². The number of nitrogens with one attached hydrogen (secondary N) is 1. The molecule has 0 saturated heterocycles. The smallest absolute Gasteiger partial charge is 0.116 e. The molecule has 0 fully saturated rings. The number of rotatable bonds is 8. The first-order valence-electron chi connectivity index (χ1n) is 10.1. The molecule has 5 nitrogen and oxygen atoms in total. The fraction of sp³-hybridized carbons (Fsp3) is 0.192. The standard InChI is InChI=1S/C24H23FN2S2.CH3F.CH4O.FH.2H2O.H2/c1-4-16-10-11-18(28)14-21(16)19-12-13-26-24-20(19)8-7-9-22(24)27-29-23(6-3)17(5-2)15-25;2*1-2;;;;/h5-14,27-28H,2-4,15H2,1H3;1H3;2H,1H3;1H;2*1H2;1H/b23-17-;;;;;;. The highest BCUT2D eigenvalue weighted by Gasteiger charge is 2.12. The number of aliphatic hydroxyl groups is 1. The summed E-state index contributed by atoms with van der Waals surface area (Å²) in [7, 11) is 1.50. The normalized spacial score (nSPS) is 9.86. The number of aromatic nitrogens is 1. The van der Waals surface area contributed by atoms with Gasteiger partial charge in [-0.15, -0.1) is 12.6 Å². The molecule has 0 aliphatic carbocycles. The lowest BCUT2D eigenvalue weighted by Crippen LogP contribution is -1.95. The van der Waals surface area contributed by atoms with Gasteiger partial charge >= 0.3 is 0 Å². The summed E-state index contributed by atoms with van der Waals surface area (Å²) in [4.78, 5) is 6.23. The molecule has 0 saturated carbocycles. The van der Waals surface area contributed by atoms with Crippen molar-refractivity contribution < 1.29 is 31.0 Å². The van der Waals surface area contributed by atoms with E-state index in [-0.39, 0.29) is 17.1 Å². The van der Waals surface area contributed by atoms with Crippen LogP contribution in [0.1, 0.15) is 13.9 Å². The number of nitrogens with zero attached hydrogens (tertiary/aromatic N) is 1. The predicted molar refractivity (Wildman–Crippen MR) is 155 cm³/mol. The molecule has 0 aliphatic heterocycles. The van der Waals surface area contributed by atoms with Crippen LogP contribution in [0.25, 0.3) is 22.0 Å². The molecule has 10 heteroatoms. The fourth-order valence-electron chi connectivity index (χ4n) is 3.19. The topological polar surface area (TPSA) is 108 Å². The summed E-state index contributed by atoms with van der Waals surface area (Å²) in [5.41, 5.74) is 5.76. The Hall–Kier alpha value is -2.76. The number of aliphatic hydroxyl groups excluding tert-OH is 1. The molecule has 0 bridgehead atoms. The minimum absolute atomic E-state index is 0. The van der Waals surface area contributed by atoms with Crippen molar-refractivity contribution >= 4 is 41.2 Å². The van der Waals surface area contributed by atoms with Crippen LogP contribution in [-0.2, 0) is 6.42 Å². The predicted octanol–water partition coefficient (Wildman–Crippen LogP) is 6.35. The lowest BCUT2D eigenvalue weighted by Gasteiger charge is -2.14. The second-order valence-electron chi connectivity index (χ2n) is 6.39. The van der Waals surface area contributed by atoms with E-state index in [9.17, 15) is 8.78 Å². The number of allylic oxidation sites excluding steroid dienone is 3.